The van der Waals surface area contributed by atoms with E-state index in [4.69, 9.17) is 4.74 Å². The Bertz CT molecular complexity index is 826. The van der Waals surface area contributed by atoms with Crippen molar-refractivity contribution in [3.05, 3.63) is 115 Å². The van der Waals surface area contributed by atoms with E-state index in [1.54, 1.807) is 13.0 Å². The summed E-state index contributed by atoms with van der Waals surface area (Å²) in [7, 11) is 0. The minimum atomic E-state index is -1.03. The third-order valence-corrected chi connectivity index (χ3v) is 4.99. The first-order valence-electron chi connectivity index (χ1n) is 10.3. The van der Waals surface area contributed by atoms with Gasteiger partial charge in [-0.05, 0) is 82.9 Å². The fourth-order valence-corrected chi connectivity index (χ4v) is 3.20. The van der Waals surface area contributed by atoms with Gasteiger partial charge in [0.2, 0.25) is 0 Å². The van der Waals surface area contributed by atoms with Crippen LogP contribution in [0.1, 0.15) is 23.1 Å². The van der Waals surface area contributed by atoms with Crippen LogP contribution < -0.4 is 5.11 Å². The molecule has 2 saturated carbocycles. The van der Waals surface area contributed by atoms with E-state index in [0.29, 0.717) is 5.69 Å². The third kappa shape index (κ3) is 9.08. The minimum absolute atomic E-state index is 0. The smallest absolute Gasteiger partial charge is 0.852 e. The fraction of sp³-hybridized carbons (Fsp3) is 0.200. The number of aromatic nitrogens is 2. The first kappa shape index (κ1) is 27.9. The molecule has 2 aliphatic carbocycles. The molecule has 2 aromatic rings. The zero-order valence-electron chi connectivity index (χ0n) is 18.1. The van der Waals surface area contributed by atoms with Gasteiger partial charge in [-0.25, -0.2) is 4.79 Å². The molecule has 0 spiro atoms. The van der Waals surface area contributed by atoms with Crippen molar-refractivity contribution in [2.75, 3.05) is 13.2 Å². The molecule has 8 heteroatoms. The van der Waals surface area contributed by atoms with Crippen molar-refractivity contribution in [3.63, 3.8) is 0 Å². The molecule has 33 heavy (non-hydrogen) atoms. The summed E-state index contributed by atoms with van der Waals surface area (Å²) in [6.45, 7) is 2.13. The predicted octanol–water partition coefficient (Wildman–Crippen LogP) is 4.03. The van der Waals surface area contributed by atoms with Crippen LogP contribution in [-0.4, -0.2) is 35.0 Å². The molecule has 2 aliphatic rings. The molecule has 1 atom stereocenters. The van der Waals surface area contributed by atoms with Gasteiger partial charge < -0.3 is 15.2 Å². The van der Waals surface area contributed by atoms with Crippen LogP contribution in [0.5, 0.6) is 0 Å². The summed E-state index contributed by atoms with van der Waals surface area (Å²) in [5.74, 6) is 0.404. The molecule has 1 heterocycles. The molecule has 0 aliphatic heterocycles. The van der Waals surface area contributed by atoms with Gasteiger partial charge in [-0.1, -0.05) is 28.1 Å². The average Bonchev–Trinajstić information content (AvgIpc) is 3.57. The second-order valence-electron chi connectivity index (χ2n) is 6.89. The van der Waals surface area contributed by atoms with Crippen molar-refractivity contribution >= 4 is 27.6 Å². The van der Waals surface area contributed by atoms with Gasteiger partial charge in [0.05, 0.1) is 12.3 Å². The van der Waals surface area contributed by atoms with Crippen LogP contribution >= 0.6 is 15.9 Å². The number of halogens is 1. The molecule has 2 fully saturated rings. The van der Waals surface area contributed by atoms with Crippen molar-refractivity contribution in [1.82, 2.24) is 9.78 Å². The molecular weight excluding hydrogens is 526 g/mol. The Hall–Kier alpha value is -1.34. The normalized spacial score (nSPS) is 16.5. The van der Waals surface area contributed by atoms with Crippen LogP contribution in [-0.2, 0) is 28.4 Å². The Balaban J connectivity index is 0.000000568. The fourth-order valence-electron chi connectivity index (χ4n) is 2.94. The number of carbonyl (C=O) groups excluding carboxylic acids is 1. The van der Waals surface area contributed by atoms with Gasteiger partial charge in [0, 0.05) is 16.9 Å². The van der Waals surface area contributed by atoms with Gasteiger partial charge in [-0.2, -0.15) is 5.10 Å². The maximum atomic E-state index is 12.4. The quantitative estimate of drug-likeness (QED) is 0.368. The van der Waals surface area contributed by atoms with Crippen LogP contribution in [0.15, 0.2) is 34.8 Å². The summed E-state index contributed by atoms with van der Waals surface area (Å²) in [5, 5.41) is 21.2. The second kappa shape index (κ2) is 14.8. The maximum absolute atomic E-state index is 12.4. The molecular formula is C25H24BrFeN3O3. The predicted molar refractivity (Wildman–Crippen MR) is 125 cm³/mol. The maximum Gasteiger partial charge on any atom is 2.00 e. The number of ether oxygens (including phenoxy) is 1. The largest absolute Gasteiger partial charge is 2.00 e. The van der Waals surface area contributed by atoms with Gasteiger partial charge in [-0.3, -0.25) is 4.68 Å². The molecule has 1 aromatic carbocycles. The Morgan fingerprint density at radius 3 is 2.27 bits per heavy atom. The molecule has 1 aromatic heterocycles. The number of carbonyl (C=O) groups is 1. The van der Waals surface area contributed by atoms with Gasteiger partial charge in [-0.15, -0.1) is 18.3 Å². The van der Waals surface area contributed by atoms with Gasteiger partial charge in [0.25, 0.3) is 0 Å². The van der Waals surface area contributed by atoms with Crippen LogP contribution in [0, 0.1) is 63.7 Å². The second-order valence-corrected chi connectivity index (χ2v) is 7.81. The number of rotatable bonds is 8. The summed E-state index contributed by atoms with van der Waals surface area (Å²) in [6, 6.07) is 9.07. The summed E-state index contributed by atoms with van der Waals surface area (Å²) >= 11 is 3.36. The molecule has 4 rings (SSSR count). The zero-order chi connectivity index (χ0) is 22.8. The van der Waals surface area contributed by atoms with Crippen LogP contribution in [0.2, 0.25) is 0 Å². The number of esters is 1. The molecule has 0 saturated heterocycles. The monoisotopic (exact) mass is 549 g/mol. The Morgan fingerprint density at radius 2 is 1.70 bits per heavy atom. The van der Waals surface area contributed by atoms with Gasteiger partial charge >= 0.3 is 23.0 Å². The standard InChI is InChI=1S/C20H19BrN3O3.C5H5.Fe/c1-2-27-20(26)19-11-18(14-5-3-4-6-14)23-24(19)13-17(25)12-22-16-9-7-15(21)8-10-16;1-2-4-5-3-1;/h3-11,17H,2,12-13H2,1H3;1-5H;/q-2;;+2/t17-;;/m1../s1. The number of benzene rings is 1. The summed E-state index contributed by atoms with van der Waals surface area (Å²) < 4.78 is 7.47. The van der Waals surface area contributed by atoms with E-state index in [9.17, 15) is 9.90 Å². The Kier molecular flexibility index (Phi) is 12.5. The van der Waals surface area contributed by atoms with Crippen molar-refractivity contribution in [2.24, 2.45) is 0 Å². The van der Waals surface area contributed by atoms with E-state index in [2.05, 4.69) is 26.3 Å². The van der Waals surface area contributed by atoms with Gasteiger partial charge in [0.1, 0.15) is 5.69 Å². The van der Waals surface area contributed by atoms with Crippen molar-refractivity contribution in [2.45, 2.75) is 19.6 Å². The average molecular weight is 550 g/mol. The van der Waals surface area contributed by atoms with Gasteiger partial charge in [0.15, 0.2) is 0 Å². The van der Waals surface area contributed by atoms with Crippen molar-refractivity contribution < 1.29 is 31.7 Å². The Morgan fingerprint density at radius 1 is 1.09 bits per heavy atom. The summed E-state index contributed by atoms with van der Waals surface area (Å²) in [6.07, 6.45) is 16.6. The molecule has 0 bridgehead atoms. The number of hydrogen-bond acceptors (Lipinski definition) is 4. The first-order valence-corrected chi connectivity index (χ1v) is 11.1. The SMILES string of the molecule is CCOC(=O)c1cc([C]2[CH][CH][CH][CH]2)nn1C[C@H]([O-])C[N-]c1ccc(Br)cc1.[CH]1[CH][CH][CH][CH]1.[Fe+2]. The molecule has 0 N–H and O–H groups in total. The van der Waals surface area contributed by atoms with E-state index < -0.39 is 12.1 Å². The molecule has 0 amide bonds. The van der Waals surface area contributed by atoms with E-state index in [0.717, 1.165) is 16.1 Å². The minimum Gasteiger partial charge on any atom is -0.852 e. The van der Waals surface area contributed by atoms with E-state index >= 15 is 0 Å². The molecule has 0 unspecified atom stereocenters. The zero-order valence-corrected chi connectivity index (χ0v) is 20.8. The molecule has 10 radical (unpaired) electrons. The summed E-state index contributed by atoms with van der Waals surface area (Å²) in [4.78, 5) is 12.2. The number of nitrogens with zero attached hydrogens (tertiary/aromatic N) is 3. The molecule has 6 nitrogen and oxygen atoms in total. The molecule has 172 valence electrons. The van der Waals surface area contributed by atoms with Crippen molar-refractivity contribution in [1.29, 1.82) is 0 Å². The van der Waals surface area contributed by atoms with E-state index in [1.165, 1.54) is 4.68 Å². The van der Waals surface area contributed by atoms with Crippen LogP contribution in [0.3, 0.4) is 0 Å². The van der Waals surface area contributed by atoms with Crippen LogP contribution in [0.25, 0.3) is 5.32 Å². The first-order chi connectivity index (χ1) is 15.6. The Labute approximate surface area is 216 Å². The number of hydrogen-bond donors (Lipinski definition) is 0. The van der Waals surface area contributed by atoms with Crippen molar-refractivity contribution in [3.8, 4) is 0 Å². The van der Waals surface area contributed by atoms with Crippen LogP contribution in [0.4, 0.5) is 5.69 Å². The topological polar surface area (TPSA) is 81.3 Å². The van der Waals surface area contributed by atoms with E-state index in [-0.39, 0.29) is 42.5 Å². The summed E-state index contributed by atoms with van der Waals surface area (Å²) in [5.41, 5.74) is 1.65. The van der Waals surface area contributed by atoms with E-state index in [1.807, 2.05) is 82.1 Å². The third-order valence-electron chi connectivity index (χ3n) is 4.46.